The van der Waals surface area contributed by atoms with E-state index in [-0.39, 0.29) is 0 Å². The van der Waals surface area contributed by atoms with E-state index >= 15 is 0 Å². The molecule has 2 nitrogen and oxygen atoms in total. The monoisotopic (exact) mass is 255 g/mol. The Morgan fingerprint density at radius 1 is 1.43 bits per heavy atom. The molecule has 0 spiro atoms. The van der Waals surface area contributed by atoms with Crippen molar-refractivity contribution in [2.45, 2.75) is 31.9 Å². The minimum atomic E-state index is 0.412. The Labute approximate surface area is 92.6 Å². The molecule has 76 valence electrons. The van der Waals surface area contributed by atoms with E-state index in [1.54, 1.807) is 0 Å². The number of rotatable bonds is 3. The molecule has 3 heteroatoms. The van der Waals surface area contributed by atoms with Gasteiger partial charge in [-0.05, 0) is 31.4 Å². The van der Waals surface area contributed by atoms with Crippen molar-refractivity contribution in [2.75, 3.05) is 0 Å². The van der Waals surface area contributed by atoms with E-state index in [1.165, 1.54) is 19.3 Å². The van der Waals surface area contributed by atoms with Crippen LogP contribution in [0.1, 0.15) is 24.8 Å². The third-order valence-corrected chi connectivity index (χ3v) is 3.09. The van der Waals surface area contributed by atoms with Crippen molar-refractivity contribution in [1.29, 1.82) is 0 Å². The predicted octanol–water partition coefficient (Wildman–Crippen LogP) is 2.84. The molecule has 1 saturated carbocycles. The lowest BCUT2D eigenvalue weighted by Gasteiger charge is -2.27. The number of ether oxygens (including phenoxy) is 1. The highest BCUT2D eigenvalue weighted by molar-refractivity contribution is 9.10. The average molecular weight is 256 g/mol. The lowest BCUT2D eigenvalue weighted by molar-refractivity contribution is 0.119. The maximum absolute atomic E-state index is 5.84. The molecule has 0 atom stereocenters. The minimum Gasteiger partial charge on any atom is -0.490 e. The zero-order valence-corrected chi connectivity index (χ0v) is 9.59. The topological polar surface area (TPSA) is 35.2 Å². The highest BCUT2D eigenvalue weighted by Crippen LogP contribution is 2.29. The van der Waals surface area contributed by atoms with Gasteiger partial charge in [-0.3, -0.25) is 0 Å². The Morgan fingerprint density at radius 3 is 2.79 bits per heavy atom. The van der Waals surface area contributed by atoms with Crippen LogP contribution in [0, 0.1) is 0 Å². The third-order valence-electron chi connectivity index (χ3n) is 2.59. The van der Waals surface area contributed by atoms with Gasteiger partial charge in [-0.15, -0.1) is 0 Å². The van der Waals surface area contributed by atoms with Crippen molar-refractivity contribution in [3.05, 3.63) is 28.2 Å². The summed E-state index contributed by atoms with van der Waals surface area (Å²) in [7, 11) is 0. The fourth-order valence-corrected chi connectivity index (χ4v) is 1.82. The van der Waals surface area contributed by atoms with Crippen molar-refractivity contribution in [1.82, 2.24) is 0 Å². The molecule has 0 heterocycles. The summed E-state index contributed by atoms with van der Waals surface area (Å²) in [6.45, 7) is 0.537. The highest BCUT2D eigenvalue weighted by atomic mass is 79.9. The van der Waals surface area contributed by atoms with Gasteiger partial charge in [-0.2, -0.15) is 0 Å². The molecule has 2 N–H and O–H groups in total. The molecule has 0 unspecified atom stereocenters. The first-order chi connectivity index (χ1) is 6.79. The standard InChI is InChI=1S/C11H14BrNO/c12-9-5-4-8(7-13)11(6-9)14-10-2-1-3-10/h4-6,10H,1-3,7,13H2. The van der Waals surface area contributed by atoms with E-state index in [9.17, 15) is 0 Å². The van der Waals surface area contributed by atoms with Gasteiger partial charge in [-0.1, -0.05) is 22.0 Å². The van der Waals surface area contributed by atoms with Crippen LogP contribution in [0.25, 0.3) is 0 Å². The number of hydrogen-bond acceptors (Lipinski definition) is 2. The van der Waals surface area contributed by atoms with Crippen molar-refractivity contribution in [3.63, 3.8) is 0 Å². The summed E-state index contributed by atoms with van der Waals surface area (Å²) in [5.74, 6) is 0.937. The summed E-state index contributed by atoms with van der Waals surface area (Å²) in [5, 5.41) is 0. The van der Waals surface area contributed by atoms with Gasteiger partial charge in [0.05, 0.1) is 6.10 Å². The first-order valence-electron chi connectivity index (χ1n) is 4.95. The smallest absolute Gasteiger partial charge is 0.125 e. The second-order valence-electron chi connectivity index (χ2n) is 3.63. The molecular formula is C11H14BrNO. The van der Waals surface area contributed by atoms with Crippen LogP contribution in [0.4, 0.5) is 0 Å². The summed E-state index contributed by atoms with van der Waals surface area (Å²) in [4.78, 5) is 0. The predicted molar refractivity (Wildman–Crippen MR) is 60.3 cm³/mol. The van der Waals surface area contributed by atoms with Crippen LogP contribution < -0.4 is 10.5 Å². The second-order valence-corrected chi connectivity index (χ2v) is 4.54. The van der Waals surface area contributed by atoms with Gasteiger partial charge in [0.15, 0.2) is 0 Å². The first kappa shape index (κ1) is 9.99. The zero-order chi connectivity index (χ0) is 9.97. The Kier molecular flexibility index (Phi) is 3.08. The Morgan fingerprint density at radius 2 is 2.21 bits per heavy atom. The molecule has 0 amide bonds. The van der Waals surface area contributed by atoms with E-state index in [0.717, 1.165) is 15.8 Å². The van der Waals surface area contributed by atoms with Crippen molar-refractivity contribution in [2.24, 2.45) is 5.73 Å². The molecule has 0 saturated heterocycles. The largest absolute Gasteiger partial charge is 0.490 e. The van der Waals surface area contributed by atoms with E-state index in [2.05, 4.69) is 15.9 Å². The second kappa shape index (κ2) is 4.32. The number of halogens is 1. The molecule has 1 fully saturated rings. The van der Waals surface area contributed by atoms with Gasteiger partial charge < -0.3 is 10.5 Å². The molecule has 0 aromatic heterocycles. The Bertz CT molecular complexity index is 323. The van der Waals surface area contributed by atoms with Crippen LogP contribution in [0.2, 0.25) is 0 Å². The average Bonchev–Trinajstić information content (AvgIpc) is 2.12. The van der Waals surface area contributed by atoms with Gasteiger partial charge in [0.2, 0.25) is 0 Å². The van der Waals surface area contributed by atoms with E-state index in [1.807, 2.05) is 18.2 Å². The molecule has 0 radical (unpaired) electrons. The van der Waals surface area contributed by atoms with Crippen LogP contribution in [0.5, 0.6) is 5.75 Å². The normalized spacial score (nSPS) is 16.4. The maximum atomic E-state index is 5.84. The van der Waals surface area contributed by atoms with Crippen molar-refractivity contribution < 1.29 is 4.74 Å². The quantitative estimate of drug-likeness (QED) is 0.902. The van der Waals surface area contributed by atoms with Crippen molar-refractivity contribution in [3.8, 4) is 5.75 Å². The van der Waals surface area contributed by atoms with Crippen LogP contribution >= 0.6 is 15.9 Å². The van der Waals surface area contributed by atoms with Crippen LogP contribution in [0.15, 0.2) is 22.7 Å². The summed E-state index contributed by atoms with van der Waals surface area (Å²) in [6, 6.07) is 6.01. The Balaban J connectivity index is 2.15. The van der Waals surface area contributed by atoms with E-state index in [4.69, 9.17) is 10.5 Å². The molecule has 1 aliphatic carbocycles. The zero-order valence-electron chi connectivity index (χ0n) is 8.00. The summed E-state index contributed by atoms with van der Waals surface area (Å²) in [6.07, 6.45) is 4.05. The molecular weight excluding hydrogens is 242 g/mol. The lowest BCUT2D eigenvalue weighted by atomic mass is 9.96. The SMILES string of the molecule is NCc1ccc(Br)cc1OC1CCC1. The van der Waals surface area contributed by atoms with E-state index in [0.29, 0.717) is 12.6 Å². The molecule has 0 bridgehead atoms. The first-order valence-corrected chi connectivity index (χ1v) is 5.74. The van der Waals surface area contributed by atoms with Gasteiger partial charge in [0.1, 0.15) is 5.75 Å². The van der Waals surface area contributed by atoms with Crippen LogP contribution in [-0.4, -0.2) is 6.10 Å². The van der Waals surface area contributed by atoms with Gasteiger partial charge in [0.25, 0.3) is 0 Å². The number of benzene rings is 1. The molecule has 14 heavy (non-hydrogen) atoms. The molecule has 0 aliphatic heterocycles. The number of nitrogens with two attached hydrogens (primary N) is 1. The maximum Gasteiger partial charge on any atom is 0.125 e. The Hall–Kier alpha value is -0.540. The van der Waals surface area contributed by atoms with Crippen LogP contribution in [0.3, 0.4) is 0 Å². The fraction of sp³-hybridized carbons (Fsp3) is 0.455. The summed E-state index contributed by atoms with van der Waals surface area (Å²) in [5.41, 5.74) is 6.72. The van der Waals surface area contributed by atoms with Crippen molar-refractivity contribution >= 4 is 15.9 Å². The lowest BCUT2D eigenvalue weighted by Crippen LogP contribution is -2.25. The van der Waals surface area contributed by atoms with Gasteiger partial charge in [0, 0.05) is 16.6 Å². The molecule has 1 aromatic rings. The fourth-order valence-electron chi connectivity index (χ4n) is 1.47. The third kappa shape index (κ3) is 2.10. The highest BCUT2D eigenvalue weighted by Gasteiger charge is 2.20. The molecule has 1 aromatic carbocycles. The van der Waals surface area contributed by atoms with E-state index < -0.39 is 0 Å². The summed E-state index contributed by atoms with van der Waals surface area (Å²) < 4.78 is 6.89. The van der Waals surface area contributed by atoms with Gasteiger partial charge >= 0.3 is 0 Å². The van der Waals surface area contributed by atoms with Gasteiger partial charge in [-0.25, -0.2) is 0 Å². The number of hydrogen-bond donors (Lipinski definition) is 1. The summed E-state index contributed by atoms with van der Waals surface area (Å²) >= 11 is 3.43. The molecule has 1 aliphatic rings. The minimum absolute atomic E-state index is 0.412. The van der Waals surface area contributed by atoms with Crippen LogP contribution in [-0.2, 0) is 6.54 Å². The molecule has 2 rings (SSSR count).